The summed E-state index contributed by atoms with van der Waals surface area (Å²) >= 11 is 4.54. The Labute approximate surface area is 189 Å². The molecule has 0 fully saturated rings. The summed E-state index contributed by atoms with van der Waals surface area (Å²) in [5.41, 5.74) is 6.55. The van der Waals surface area contributed by atoms with E-state index in [0.717, 1.165) is 0 Å². The molecule has 2 aromatic rings. The normalized spacial score (nSPS) is 11.0. The van der Waals surface area contributed by atoms with E-state index in [2.05, 4.69) is 27.7 Å². The standard InChI is InChI=1S/C22H21N3O6S/c23-19(26)10-9-18(22(29)30)25-20(27)11-12-31-17-7-3-15(4-8-17)21(28)14-1-5-16(6-2-14)24-13-32/h1-8,18H,9-12H2,(H2,23,26)(H,25,27)(H,29,30). The number of aliphatic carboxylic acids is 1. The zero-order chi connectivity index (χ0) is 23.5. The quantitative estimate of drug-likeness (QED) is 0.252. The fourth-order valence-electron chi connectivity index (χ4n) is 2.68. The first kappa shape index (κ1) is 24.4. The molecule has 0 heterocycles. The molecule has 32 heavy (non-hydrogen) atoms. The summed E-state index contributed by atoms with van der Waals surface area (Å²) in [4.78, 5) is 50.2. The van der Waals surface area contributed by atoms with Crippen LogP contribution in [0.15, 0.2) is 53.5 Å². The zero-order valence-corrected chi connectivity index (χ0v) is 17.8. The van der Waals surface area contributed by atoms with Crippen LogP contribution < -0.4 is 15.8 Å². The number of primary amides is 1. The first-order valence-corrected chi connectivity index (χ1v) is 9.97. The molecular weight excluding hydrogens is 434 g/mol. The SMILES string of the molecule is NC(=O)CCC(NC(=O)CCOc1ccc(C(=O)c2ccc(N=C=S)cc2)cc1)C(=O)O. The predicted octanol–water partition coefficient (Wildman–Crippen LogP) is 2.26. The number of nitrogens with one attached hydrogen (secondary N) is 1. The molecule has 2 rings (SSSR count). The van der Waals surface area contributed by atoms with Gasteiger partial charge in [0, 0.05) is 17.5 Å². The molecule has 10 heteroatoms. The van der Waals surface area contributed by atoms with Gasteiger partial charge in [0.05, 0.1) is 23.9 Å². The number of hydrogen-bond acceptors (Lipinski definition) is 7. The number of ether oxygens (including phenoxy) is 1. The summed E-state index contributed by atoms with van der Waals surface area (Å²) in [5.74, 6) is -2.15. The summed E-state index contributed by atoms with van der Waals surface area (Å²) in [6.07, 6.45) is -0.323. The van der Waals surface area contributed by atoms with Gasteiger partial charge in [-0.1, -0.05) is 0 Å². The van der Waals surface area contributed by atoms with Gasteiger partial charge in [-0.15, -0.1) is 0 Å². The summed E-state index contributed by atoms with van der Waals surface area (Å²) in [6.45, 7) is 0.00311. The molecule has 0 radical (unpaired) electrons. The van der Waals surface area contributed by atoms with E-state index in [9.17, 15) is 19.2 Å². The molecule has 0 saturated heterocycles. The largest absolute Gasteiger partial charge is 0.493 e. The number of carbonyl (C=O) groups is 4. The minimum atomic E-state index is -1.25. The lowest BCUT2D eigenvalue weighted by Crippen LogP contribution is -2.41. The Morgan fingerprint density at radius 1 is 1.03 bits per heavy atom. The van der Waals surface area contributed by atoms with Crippen molar-refractivity contribution < 1.29 is 29.0 Å². The predicted molar refractivity (Wildman–Crippen MR) is 119 cm³/mol. The third-order valence-electron chi connectivity index (χ3n) is 4.33. The Kier molecular flexibility index (Phi) is 9.22. The van der Waals surface area contributed by atoms with E-state index in [0.29, 0.717) is 22.6 Å². The molecule has 9 nitrogen and oxygen atoms in total. The number of carboxylic acids is 1. The number of carbonyl (C=O) groups excluding carboxylic acids is 3. The maximum atomic E-state index is 12.5. The highest BCUT2D eigenvalue weighted by molar-refractivity contribution is 7.78. The smallest absolute Gasteiger partial charge is 0.326 e. The van der Waals surface area contributed by atoms with Gasteiger partial charge >= 0.3 is 5.97 Å². The van der Waals surface area contributed by atoms with Gasteiger partial charge in [-0.2, -0.15) is 4.99 Å². The summed E-state index contributed by atoms with van der Waals surface area (Å²) < 4.78 is 5.48. The van der Waals surface area contributed by atoms with Crippen LogP contribution in [0.4, 0.5) is 5.69 Å². The van der Waals surface area contributed by atoms with Gasteiger partial charge in [-0.05, 0) is 67.2 Å². The van der Waals surface area contributed by atoms with Crippen molar-refractivity contribution in [2.45, 2.75) is 25.3 Å². The minimum absolute atomic E-state index is 0.00311. The highest BCUT2D eigenvalue weighted by atomic mass is 32.1. The van der Waals surface area contributed by atoms with Crippen LogP contribution in [0.2, 0.25) is 0 Å². The van der Waals surface area contributed by atoms with Crippen LogP contribution >= 0.6 is 12.2 Å². The molecule has 4 N–H and O–H groups in total. The van der Waals surface area contributed by atoms with Crippen LogP contribution in [0.3, 0.4) is 0 Å². The van der Waals surface area contributed by atoms with Gasteiger partial charge in [0.25, 0.3) is 0 Å². The van der Waals surface area contributed by atoms with Crippen molar-refractivity contribution in [3.8, 4) is 5.75 Å². The molecular formula is C22H21N3O6S. The van der Waals surface area contributed by atoms with Gasteiger partial charge in [0.2, 0.25) is 11.8 Å². The maximum absolute atomic E-state index is 12.5. The van der Waals surface area contributed by atoms with E-state index >= 15 is 0 Å². The number of amides is 2. The molecule has 0 aliphatic carbocycles. The molecule has 1 unspecified atom stereocenters. The van der Waals surface area contributed by atoms with Crippen LogP contribution in [0.25, 0.3) is 0 Å². The first-order valence-electron chi connectivity index (χ1n) is 9.56. The maximum Gasteiger partial charge on any atom is 0.326 e. The van der Waals surface area contributed by atoms with Crippen molar-refractivity contribution in [3.05, 3.63) is 59.7 Å². The topological polar surface area (TPSA) is 148 Å². The number of isothiocyanates is 1. The fourth-order valence-corrected chi connectivity index (χ4v) is 2.79. The molecule has 0 saturated carbocycles. The molecule has 0 aliphatic heterocycles. The first-order chi connectivity index (χ1) is 15.3. The van der Waals surface area contributed by atoms with E-state index in [1.165, 1.54) is 0 Å². The van der Waals surface area contributed by atoms with E-state index in [-0.39, 0.29) is 31.7 Å². The Morgan fingerprint density at radius 3 is 2.16 bits per heavy atom. The number of benzene rings is 2. The van der Waals surface area contributed by atoms with Crippen LogP contribution in [0, 0.1) is 0 Å². The van der Waals surface area contributed by atoms with Crippen LogP contribution in [0.5, 0.6) is 5.75 Å². The lowest BCUT2D eigenvalue weighted by molar-refractivity contribution is -0.142. The molecule has 0 spiro atoms. The third kappa shape index (κ3) is 7.75. The number of nitrogens with two attached hydrogens (primary N) is 1. The lowest BCUT2D eigenvalue weighted by atomic mass is 10.0. The van der Waals surface area contributed by atoms with E-state index in [1.807, 2.05) is 0 Å². The van der Waals surface area contributed by atoms with Crippen LogP contribution in [0.1, 0.15) is 35.2 Å². The second kappa shape index (κ2) is 12.1. The lowest BCUT2D eigenvalue weighted by Gasteiger charge is -2.14. The minimum Gasteiger partial charge on any atom is -0.493 e. The van der Waals surface area contributed by atoms with Gasteiger partial charge in [-0.3, -0.25) is 14.4 Å². The van der Waals surface area contributed by atoms with Gasteiger partial charge in [0.1, 0.15) is 11.8 Å². The molecule has 0 aliphatic rings. The van der Waals surface area contributed by atoms with Crippen molar-refractivity contribution in [3.63, 3.8) is 0 Å². The molecule has 166 valence electrons. The molecule has 1 atom stereocenters. The number of ketones is 1. The number of nitrogens with zero attached hydrogens (tertiary/aromatic N) is 1. The molecule has 2 aromatic carbocycles. The highest BCUT2D eigenvalue weighted by Gasteiger charge is 2.20. The molecule has 0 bridgehead atoms. The van der Waals surface area contributed by atoms with Gasteiger partial charge in [-0.25, -0.2) is 4.79 Å². The number of carboxylic acid groups (broad SMARTS) is 1. The van der Waals surface area contributed by atoms with Crippen molar-refractivity contribution in [1.29, 1.82) is 0 Å². The van der Waals surface area contributed by atoms with Crippen molar-refractivity contribution >= 4 is 46.6 Å². The van der Waals surface area contributed by atoms with E-state index in [1.54, 1.807) is 48.5 Å². The number of aliphatic imine (C=N–C) groups is 1. The van der Waals surface area contributed by atoms with Crippen LogP contribution in [-0.4, -0.2) is 46.5 Å². The van der Waals surface area contributed by atoms with Crippen molar-refractivity contribution in [2.75, 3.05) is 6.61 Å². The number of thiocarbonyl (C=S) groups is 1. The Hall–Kier alpha value is -3.88. The van der Waals surface area contributed by atoms with Crippen molar-refractivity contribution in [1.82, 2.24) is 5.32 Å². The van der Waals surface area contributed by atoms with Crippen LogP contribution in [-0.2, 0) is 14.4 Å². The third-order valence-corrected chi connectivity index (χ3v) is 4.42. The molecule has 2 amide bonds. The van der Waals surface area contributed by atoms with E-state index < -0.39 is 23.8 Å². The second-order valence-corrected chi connectivity index (χ2v) is 6.85. The number of hydrogen-bond donors (Lipinski definition) is 3. The second-order valence-electron chi connectivity index (χ2n) is 6.67. The van der Waals surface area contributed by atoms with Crippen molar-refractivity contribution in [2.24, 2.45) is 10.7 Å². The summed E-state index contributed by atoms with van der Waals surface area (Å²) in [7, 11) is 0. The fraction of sp³-hybridized carbons (Fsp3) is 0.227. The van der Waals surface area contributed by atoms with E-state index in [4.69, 9.17) is 15.6 Å². The average molecular weight is 455 g/mol. The van der Waals surface area contributed by atoms with Gasteiger partial charge in [0.15, 0.2) is 5.78 Å². The Balaban J connectivity index is 1.85. The molecule has 0 aromatic heterocycles. The highest BCUT2D eigenvalue weighted by Crippen LogP contribution is 2.18. The zero-order valence-electron chi connectivity index (χ0n) is 16.9. The average Bonchev–Trinajstić information content (AvgIpc) is 2.77. The van der Waals surface area contributed by atoms with Gasteiger partial charge < -0.3 is 20.9 Å². The summed E-state index contributed by atoms with van der Waals surface area (Å²) in [5, 5.41) is 13.7. The Morgan fingerprint density at radius 2 is 1.62 bits per heavy atom. The monoisotopic (exact) mass is 455 g/mol. The number of rotatable bonds is 12. The summed E-state index contributed by atoms with van der Waals surface area (Å²) in [6, 6.07) is 11.8. The Bertz CT molecular complexity index is 1030.